The first-order chi connectivity index (χ1) is 9.56. The third-order valence-electron chi connectivity index (χ3n) is 2.93. The lowest BCUT2D eigenvalue weighted by atomic mass is 10.1. The second-order valence-corrected chi connectivity index (χ2v) is 4.08. The average molecular weight is 279 g/mol. The molecule has 7 nitrogen and oxygen atoms in total. The number of hydrogen-bond acceptors (Lipinski definition) is 6. The Bertz CT molecular complexity index is 593. The van der Waals surface area contributed by atoms with Crippen LogP contribution in [0.5, 0.6) is 11.5 Å². The molecule has 0 radical (unpaired) electrons. The molecule has 106 valence electrons. The number of nitro groups is 1. The van der Waals surface area contributed by atoms with Crippen molar-refractivity contribution in [1.29, 1.82) is 0 Å². The fraction of sp³-hybridized carbons (Fsp3) is 0.308. The summed E-state index contributed by atoms with van der Waals surface area (Å²) >= 11 is 0. The zero-order valence-corrected chi connectivity index (χ0v) is 11.0. The highest BCUT2D eigenvalue weighted by Gasteiger charge is 2.23. The van der Waals surface area contributed by atoms with Gasteiger partial charge in [-0.1, -0.05) is 0 Å². The van der Waals surface area contributed by atoms with Crippen molar-refractivity contribution >= 4 is 17.7 Å². The quantitative estimate of drug-likeness (QED) is 0.362. The Morgan fingerprint density at radius 2 is 1.95 bits per heavy atom. The van der Waals surface area contributed by atoms with Crippen LogP contribution in [-0.4, -0.2) is 31.7 Å². The van der Waals surface area contributed by atoms with E-state index >= 15 is 0 Å². The van der Waals surface area contributed by atoms with E-state index in [1.807, 2.05) is 0 Å². The first-order valence-electron chi connectivity index (χ1n) is 5.85. The van der Waals surface area contributed by atoms with Gasteiger partial charge in [0, 0.05) is 12.0 Å². The molecule has 1 fully saturated rings. The van der Waals surface area contributed by atoms with E-state index in [0.29, 0.717) is 24.4 Å². The molecule has 1 heterocycles. The van der Waals surface area contributed by atoms with E-state index in [1.54, 1.807) is 0 Å². The predicted molar refractivity (Wildman–Crippen MR) is 69.8 cm³/mol. The summed E-state index contributed by atoms with van der Waals surface area (Å²) in [5, 5.41) is 11.1. The van der Waals surface area contributed by atoms with Crippen LogP contribution < -0.4 is 9.47 Å². The molecule has 7 heteroatoms. The Hall–Kier alpha value is -2.57. The van der Waals surface area contributed by atoms with Gasteiger partial charge in [0.2, 0.25) is 0 Å². The zero-order valence-electron chi connectivity index (χ0n) is 11.0. The maximum absolute atomic E-state index is 11.4. The highest BCUT2D eigenvalue weighted by Crippen LogP contribution is 2.36. The van der Waals surface area contributed by atoms with Crippen LogP contribution in [0.25, 0.3) is 6.08 Å². The van der Waals surface area contributed by atoms with Gasteiger partial charge in [0.1, 0.15) is 0 Å². The van der Waals surface area contributed by atoms with Gasteiger partial charge in [0.25, 0.3) is 5.69 Å². The number of benzene rings is 1. The third kappa shape index (κ3) is 2.56. The summed E-state index contributed by atoms with van der Waals surface area (Å²) in [6.45, 7) is 0.297. The number of carbonyl (C=O) groups excluding carboxylic acids is 1. The van der Waals surface area contributed by atoms with Gasteiger partial charge in [0.05, 0.1) is 37.4 Å². The molecule has 0 aliphatic carbocycles. The Kier molecular flexibility index (Phi) is 3.88. The van der Waals surface area contributed by atoms with Crippen molar-refractivity contribution in [3.05, 3.63) is 33.4 Å². The van der Waals surface area contributed by atoms with Gasteiger partial charge in [-0.15, -0.1) is 0 Å². The fourth-order valence-corrected chi connectivity index (χ4v) is 1.92. The Labute approximate surface area is 114 Å². The van der Waals surface area contributed by atoms with E-state index in [4.69, 9.17) is 14.2 Å². The molecule has 0 saturated carbocycles. The first-order valence-corrected chi connectivity index (χ1v) is 5.85. The molecule has 1 aromatic carbocycles. The Morgan fingerprint density at radius 1 is 1.30 bits per heavy atom. The summed E-state index contributed by atoms with van der Waals surface area (Å²) in [5.74, 6) is 0.167. The lowest BCUT2D eigenvalue weighted by molar-refractivity contribution is -0.385. The first kappa shape index (κ1) is 13.9. The summed E-state index contributed by atoms with van der Waals surface area (Å²) in [6, 6.07) is 2.74. The number of cyclic esters (lactones) is 1. The van der Waals surface area contributed by atoms with Gasteiger partial charge in [-0.05, 0) is 12.1 Å². The van der Waals surface area contributed by atoms with E-state index in [-0.39, 0.29) is 17.0 Å². The summed E-state index contributed by atoms with van der Waals surface area (Å²) in [6.07, 6.45) is 1.89. The van der Waals surface area contributed by atoms with Crippen LogP contribution in [0.4, 0.5) is 5.69 Å². The van der Waals surface area contributed by atoms with Gasteiger partial charge in [0.15, 0.2) is 11.5 Å². The van der Waals surface area contributed by atoms with E-state index in [2.05, 4.69) is 0 Å². The molecule has 0 bridgehead atoms. The standard InChI is InChI=1S/C13H13NO6/c1-18-11-6-9(5-8-3-4-20-13(8)15)10(14(16)17)7-12(11)19-2/h5-7H,3-4H2,1-2H3/b8-5-. The predicted octanol–water partition coefficient (Wildman–Crippen LogP) is 1.94. The lowest BCUT2D eigenvalue weighted by Crippen LogP contribution is -1.99. The second-order valence-electron chi connectivity index (χ2n) is 4.08. The average Bonchev–Trinajstić information content (AvgIpc) is 2.83. The number of ether oxygens (including phenoxy) is 3. The number of methoxy groups -OCH3 is 2. The number of esters is 1. The summed E-state index contributed by atoms with van der Waals surface area (Å²) < 4.78 is 14.9. The maximum Gasteiger partial charge on any atom is 0.334 e. The van der Waals surface area contributed by atoms with E-state index in [0.717, 1.165) is 0 Å². The van der Waals surface area contributed by atoms with Crippen LogP contribution in [0, 0.1) is 10.1 Å². The summed E-state index contributed by atoms with van der Waals surface area (Å²) in [5.41, 5.74) is 0.525. The number of nitro benzene ring substituents is 1. The molecule has 1 aromatic rings. The van der Waals surface area contributed by atoms with E-state index in [9.17, 15) is 14.9 Å². The SMILES string of the molecule is COc1cc(/C=C2/CCOC2=O)c([N+](=O)[O-])cc1OC. The van der Waals surface area contributed by atoms with Gasteiger partial charge in [-0.3, -0.25) is 10.1 Å². The Morgan fingerprint density at radius 3 is 2.45 bits per heavy atom. The Balaban J connectivity index is 2.55. The molecule has 0 spiro atoms. The van der Waals surface area contributed by atoms with Crippen LogP contribution in [0.2, 0.25) is 0 Å². The monoisotopic (exact) mass is 279 g/mol. The molecule has 0 aromatic heterocycles. The molecule has 1 aliphatic rings. The van der Waals surface area contributed by atoms with Crippen molar-refractivity contribution in [3.8, 4) is 11.5 Å². The van der Waals surface area contributed by atoms with E-state index < -0.39 is 10.9 Å². The minimum atomic E-state index is -0.533. The molecule has 20 heavy (non-hydrogen) atoms. The van der Waals surface area contributed by atoms with Crippen LogP contribution in [-0.2, 0) is 9.53 Å². The normalized spacial score (nSPS) is 16.1. The van der Waals surface area contributed by atoms with Gasteiger partial charge < -0.3 is 14.2 Å². The van der Waals surface area contributed by atoms with Crippen molar-refractivity contribution in [3.63, 3.8) is 0 Å². The maximum atomic E-state index is 11.4. The lowest BCUT2D eigenvalue weighted by Gasteiger charge is -2.09. The van der Waals surface area contributed by atoms with Crippen molar-refractivity contribution in [1.82, 2.24) is 0 Å². The van der Waals surface area contributed by atoms with Crippen molar-refractivity contribution in [2.75, 3.05) is 20.8 Å². The molecule has 0 amide bonds. The van der Waals surface area contributed by atoms with Gasteiger partial charge >= 0.3 is 5.97 Å². The van der Waals surface area contributed by atoms with Crippen LogP contribution in [0.3, 0.4) is 0 Å². The van der Waals surface area contributed by atoms with Crippen molar-refractivity contribution < 1.29 is 23.9 Å². The van der Waals surface area contributed by atoms with Crippen LogP contribution in [0.15, 0.2) is 17.7 Å². The van der Waals surface area contributed by atoms with Gasteiger partial charge in [-0.2, -0.15) is 0 Å². The largest absolute Gasteiger partial charge is 0.493 e. The minimum Gasteiger partial charge on any atom is -0.493 e. The van der Waals surface area contributed by atoms with Crippen molar-refractivity contribution in [2.45, 2.75) is 6.42 Å². The highest BCUT2D eigenvalue weighted by atomic mass is 16.6. The van der Waals surface area contributed by atoms with Crippen molar-refractivity contribution in [2.24, 2.45) is 0 Å². The second kappa shape index (κ2) is 5.60. The highest BCUT2D eigenvalue weighted by molar-refractivity contribution is 5.96. The topological polar surface area (TPSA) is 87.9 Å². The van der Waals surface area contributed by atoms with Gasteiger partial charge in [-0.25, -0.2) is 4.79 Å². The summed E-state index contributed by atoms with van der Waals surface area (Å²) in [4.78, 5) is 22.0. The number of nitrogens with zero attached hydrogens (tertiary/aromatic N) is 1. The number of hydrogen-bond donors (Lipinski definition) is 0. The molecule has 1 saturated heterocycles. The number of carbonyl (C=O) groups is 1. The molecule has 0 N–H and O–H groups in total. The number of rotatable bonds is 4. The minimum absolute atomic E-state index is 0.158. The molecule has 0 unspecified atom stereocenters. The third-order valence-corrected chi connectivity index (χ3v) is 2.93. The molecule has 2 rings (SSSR count). The molecule has 0 atom stereocenters. The smallest absolute Gasteiger partial charge is 0.334 e. The molecular formula is C13H13NO6. The fourth-order valence-electron chi connectivity index (χ4n) is 1.92. The van der Waals surface area contributed by atoms with Crippen LogP contribution >= 0.6 is 0 Å². The molecular weight excluding hydrogens is 266 g/mol. The molecule has 1 aliphatic heterocycles. The van der Waals surface area contributed by atoms with E-state index in [1.165, 1.54) is 32.4 Å². The summed E-state index contributed by atoms with van der Waals surface area (Å²) in [7, 11) is 2.83. The zero-order chi connectivity index (χ0) is 14.7. The van der Waals surface area contributed by atoms with Crippen LogP contribution in [0.1, 0.15) is 12.0 Å².